The van der Waals surface area contributed by atoms with Crippen molar-refractivity contribution in [1.29, 1.82) is 0 Å². The van der Waals surface area contributed by atoms with E-state index in [0.717, 1.165) is 0 Å². The van der Waals surface area contributed by atoms with Crippen molar-refractivity contribution >= 4 is 23.5 Å². The van der Waals surface area contributed by atoms with Crippen molar-refractivity contribution in [3.63, 3.8) is 0 Å². The summed E-state index contributed by atoms with van der Waals surface area (Å²) in [5.41, 5.74) is 1.11. The smallest absolute Gasteiger partial charge is 0.332 e. The SMILES string of the molecule is CC(C)COc1ccc(C(=O)N2CCC(N3CC(=O)N(c4ccccc4)C3=O)CC2)cn1. The largest absolute Gasteiger partial charge is 0.477 e. The fraction of sp³-hybridized carbons (Fsp3) is 0.417. The van der Waals surface area contributed by atoms with Gasteiger partial charge in [-0.2, -0.15) is 0 Å². The summed E-state index contributed by atoms with van der Waals surface area (Å²) in [5, 5.41) is 0. The van der Waals surface area contributed by atoms with Crippen molar-refractivity contribution in [3.8, 4) is 5.88 Å². The minimum atomic E-state index is -0.285. The normalized spacial score (nSPS) is 17.4. The molecule has 2 saturated heterocycles. The molecule has 8 nitrogen and oxygen atoms in total. The zero-order valence-corrected chi connectivity index (χ0v) is 18.4. The summed E-state index contributed by atoms with van der Waals surface area (Å²) < 4.78 is 5.57. The van der Waals surface area contributed by atoms with Crippen molar-refractivity contribution in [2.24, 2.45) is 5.92 Å². The van der Waals surface area contributed by atoms with Crippen LogP contribution in [0.2, 0.25) is 0 Å². The predicted octanol–water partition coefficient (Wildman–Crippen LogP) is 3.19. The van der Waals surface area contributed by atoms with E-state index < -0.39 is 0 Å². The van der Waals surface area contributed by atoms with Gasteiger partial charge in [-0.05, 0) is 37.0 Å². The van der Waals surface area contributed by atoms with Crippen LogP contribution in [0, 0.1) is 5.92 Å². The lowest BCUT2D eigenvalue weighted by molar-refractivity contribution is -0.116. The Labute approximate surface area is 187 Å². The number of carbonyl (C=O) groups is 3. The molecule has 2 fully saturated rings. The van der Waals surface area contributed by atoms with Crippen molar-refractivity contribution in [2.45, 2.75) is 32.7 Å². The van der Waals surface area contributed by atoms with Crippen LogP contribution in [0.25, 0.3) is 0 Å². The Morgan fingerprint density at radius 1 is 1.09 bits per heavy atom. The van der Waals surface area contributed by atoms with E-state index in [2.05, 4.69) is 18.8 Å². The number of pyridine rings is 1. The average Bonchev–Trinajstić information content (AvgIpc) is 3.12. The van der Waals surface area contributed by atoms with Gasteiger partial charge in [-0.1, -0.05) is 32.0 Å². The number of benzene rings is 1. The number of imide groups is 1. The number of para-hydroxylation sites is 1. The van der Waals surface area contributed by atoms with Gasteiger partial charge in [-0.25, -0.2) is 14.7 Å². The van der Waals surface area contributed by atoms with Crippen LogP contribution in [-0.2, 0) is 4.79 Å². The van der Waals surface area contributed by atoms with E-state index in [1.54, 1.807) is 52.4 Å². The molecule has 2 aromatic rings. The number of likely N-dealkylation sites (tertiary alicyclic amines) is 1. The van der Waals surface area contributed by atoms with Crippen LogP contribution in [0.1, 0.15) is 37.0 Å². The van der Waals surface area contributed by atoms with E-state index >= 15 is 0 Å². The average molecular weight is 437 g/mol. The molecule has 0 atom stereocenters. The number of carbonyl (C=O) groups excluding carboxylic acids is 3. The minimum Gasteiger partial charge on any atom is -0.477 e. The van der Waals surface area contributed by atoms with Gasteiger partial charge >= 0.3 is 6.03 Å². The molecule has 4 amide bonds. The molecule has 0 spiro atoms. The second kappa shape index (κ2) is 9.38. The predicted molar refractivity (Wildman–Crippen MR) is 120 cm³/mol. The van der Waals surface area contributed by atoms with Crippen molar-refractivity contribution in [2.75, 3.05) is 31.1 Å². The summed E-state index contributed by atoms with van der Waals surface area (Å²) in [6.45, 7) is 5.83. The second-order valence-corrected chi connectivity index (χ2v) is 8.59. The van der Waals surface area contributed by atoms with Crippen LogP contribution < -0.4 is 9.64 Å². The van der Waals surface area contributed by atoms with E-state index in [4.69, 9.17) is 4.74 Å². The Morgan fingerprint density at radius 2 is 1.81 bits per heavy atom. The molecule has 0 unspecified atom stereocenters. The maximum atomic E-state index is 12.9. The number of rotatable bonds is 6. The molecule has 0 radical (unpaired) electrons. The molecule has 1 aromatic heterocycles. The number of piperidine rings is 1. The van der Waals surface area contributed by atoms with Gasteiger partial charge in [0.2, 0.25) is 5.88 Å². The number of hydrogen-bond acceptors (Lipinski definition) is 5. The first kappa shape index (κ1) is 21.8. The van der Waals surface area contributed by atoms with Crippen molar-refractivity contribution in [1.82, 2.24) is 14.8 Å². The number of nitrogens with zero attached hydrogens (tertiary/aromatic N) is 4. The van der Waals surface area contributed by atoms with Gasteiger partial charge in [0.1, 0.15) is 6.54 Å². The molecule has 0 aliphatic carbocycles. The highest BCUT2D eigenvalue weighted by Gasteiger charge is 2.41. The van der Waals surface area contributed by atoms with Crippen LogP contribution in [0.5, 0.6) is 5.88 Å². The molecule has 0 bridgehead atoms. The monoisotopic (exact) mass is 436 g/mol. The van der Waals surface area contributed by atoms with Crippen LogP contribution in [0.4, 0.5) is 10.5 Å². The molecule has 0 N–H and O–H groups in total. The molecule has 4 rings (SSSR count). The molecule has 2 aliphatic rings. The summed E-state index contributed by atoms with van der Waals surface area (Å²) in [4.78, 5) is 47.2. The third-order valence-corrected chi connectivity index (χ3v) is 5.75. The van der Waals surface area contributed by atoms with Crippen LogP contribution in [-0.4, -0.2) is 64.9 Å². The molecule has 2 aliphatic heterocycles. The van der Waals surface area contributed by atoms with Gasteiger partial charge in [-0.15, -0.1) is 0 Å². The number of urea groups is 1. The Bertz CT molecular complexity index is 969. The first-order valence-corrected chi connectivity index (χ1v) is 11.0. The van der Waals surface area contributed by atoms with Crippen LogP contribution in [0.3, 0.4) is 0 Å². The molecular formula is C24H28N4O4. The fourth-order valence-electron chi connectivity index (χ4n) is 4.04. The molecule has 8 heteroatoms. The van der Waals surface area contributed by atoms with Crippen molar-refractivity contribution in [3.05, 3.63) is 54.2 Å². The number of aromatic nitrogens is 1. The minimum absolute atomic E-state index is 0.0610. The molecule has 168 valence electrons. The summed E-state index contributed by atoms with van der Waals surface area (Å²) >= 11 is 0. The number of hydrogen-bond donors (Lipinski definition) is 0. The first-order valence-electron chi connectivity index (χ1n) is 11.0. The third kappa shape index (κ3) is 4.59. The second-order valence-electron chi connectivity index (χ2n) is 8.59. The molecule has 0 saturated carbocycles. The maximum Gasteiger partial charge on any atom is 0.332 e. The Balaban J connectivity index is 1.33. The molecule has 32 heavy (non-hydrogen) atoms. The Morgan fingerprint density at radius 3 is 2.44 bits per heavy atom. The van der Waals surface area contributed by atoms with Gasteiger partial charge in [0.25, 0.3) is 11.8 Å². The Kier molecular flexibility index (Phi) is 6.39. The topological polar surface area (TPSA) is 83.0 Å². The van der Waals surface area contributed by atoms with Crippen molar-refractivity contribution < 1.29 is 19.1 Å². The lowest BCUT2D eigenvalue weighted by Gasteiger charge is -2.36. The van der Waals surface area contributed by atoms with Gasteiger partial charge < -0.3 is 14.5 Å². The van der Waals surface area contributed by atoms with E-state index in [0.29, 0.717) is 55.6 Å². The number of amides is 4. The zero-order valence-electron chi connectivity index (χ0n) is 18.4. The highest BCUT2D eigenvalue weighted by atomic mass is 16.5. The van der Waals surface area contributed by atoms with Gasteiger partial charge in [0, 0.05) is 31.4 Å². The fourth-order valence-corrected chi connectivity index (χ4v) is 4.04. The highest BCUT2D eigenvalue weighted by Crippen LogP contribution is 2.26. The van der Waals surface area contributed by atoms with Gasteiger partial charge in [0.15, 0.2) is 0 Å². The molecule has 3 heterocycles. The lowest BCUT2D eigenvalue weighted by Crippen LogP contribution is -2.48. The zero-order chi connectivity index (χ0) is 22.7. The van der Waals surface area contributed by atoms with Gasteiger partial charge in [-0.3, -0.25) is 9.59 Å². The quantitative estimate of drug-likeness (QED) is 0.650. The first-order chi connectivity index (χ1) is 15.4. The molecule has 1 aromatic carbocycles. The summed E-state index contributed by atoms with van der Waals surface area (Å²) in [6.07, 6.45) is 2.82. The number of ether oxygens (including phenoxy) is 1. The van der Waals surface area contributed by atoms with Gasteiger partial charge in [0.05, 0.1) is 17.9 Å². The summed E-state index contributed by atoms with van der Waals surface area (Å²) in [5.74, 6) is 0.609. The third-order valence-electron chi connectivity index (χ3n) is 5.75. The number of anilines is 1. The van der Waals surface area contributed by atoms with Crippen LogP contribution >= 0.6 is 0 Å². The van der Waals surface area contributed by atoms with E-state index in [1.165, 1.54) is 4.90 Å². The standard InChI is InChI=1S/C24H28N4O4/c1-17(2)16-32-21-9-8-18(14-25-21)23(30)26-12-10-19(11-13-26)27-15-22(29)28(24(27)31)20-6-4-3-5-7-20/h3-9,14,17,19H,10-13,15-16H2,1-2H3. The summed E-state index contributed by atoms with van der Waals surface area (Å²) in [7, 11) is 0. The maximum absolute atomic E-state index is 12.9. The lowest BCUT2D eigenvalue weighted by atomic mass is 10.0. The highest BCUT2D eigenvalue weighted by molar-refractivity contribution is 6.19. The summed E-state index contributed by atoms with van der Waals surface area (Å²) in [6, 6.07) is 12.1. The Hall–Kier alpha value is -3.42. The van der Waals surface area contributed by atoms with Crippen LogP contribution in [0.15, 0.2) is 48.7 Å². The van der Waals surface area contributed by atoms with E-state index in [-0.39, 0.29) is 30.4 Å². The van der Waals surface area contributed by atoms with E-state index in [9.17, 15) is 14.4 Å². The molecular weight excluding hydrogens is 408 g/mol. The van der Waals surface area contributed by atoms with E-state index in [1.807, 2.05) is 6.07 Å².